The summed E-state index contributed by atoms with van der Waals surface area (Å²) in [4.78, 5) is 11.8. The molecule has 9 rings (SSSR count). The Morgan fingerprint density at radius 3 is 0.714 bits per heavy atom. The van der Waals surface area contributed by atoms with Crippen molar-refractivity contribution in [2.45, 2.75) is 12.2 Å². The fourth-order valence-corrected chi connectivity index (χ4v) is 7.88. The zero-order chi connectivity index (χ0) is 51.0. The van der Waals surface area contributed by atoms with Gasteiger partial charge in [0.25, 0.3) is 0 Å². The number of benzene rings is 4. The van der Waals surface area contributed by atoms with Crippen LogP contribution in [0.2, 0.25) is 0 Å². The van der Waals surface area contributed by atoms with Crippen molar-refractivity contribution in [1.82, 2.24) is 19.9 Å². The van der Waals surface area contributed by atoms with Gasteiger partial charge in [-0.15, -0.1) is 0 Å². The average molecular weight is 1010 g/mol. The maximum atomic E-state index is 15.9. The van der Waals surface area contributed by atoms with Crippen LogP contribution in [0.5, 0.6) is 0 Å². The lowest BCUT2D eigenvalue weighted by atomic mass is 9.96. The van der Waals surface area contributed by atoms with Crippen LogP contribution in [-0.2, 0) is 0 Å². The van der Waals surface area contributed by atoms with E-state index < -0.39 is 218 Å². The maximum Gasteiger partial charge on any atom is 0.200 e. The molecule has 0 saturated heterocycles. The number of aliphatic hydroxyl groups is 2. The van der Waals surface area contributed by atoms with Crippen LogP contribution in [0.15, 0.2) is 24.3 Å². The molecule has 4 N–H and O–H groups in total. The fraction of sp³-hybridized carbons (Fsp3) is 0.0455. The van der Waals surface area contributed by atoms with Crippen molar-refractivity contribution in [2.24, 2.45) is 0 Å². The van der Waals surface area contributed by atoms with E-state index in [-0.39, 0.29) is 0 Å². The van der Waals surface area contributed by atoms with Crippen molar-refractivity contribution >= 4 is 34.2 Å². The number of rotatable bonds is 4. The highest BCUT2D eigenvalue weighted by molar-refractivity contribution is 5.98. The summed E-state index contributed by atoms with van der Waals surface area (Å²) in [6.07, 6.45) is -4.89. The molecule has 6 nitrogen and oxygen atoms in total. The highest BCUT2D eigenvalue weighted by atomic mass is 19.2. The zero-order valence-electron chi connectivity index (χ0n) is 33.0. The maximum absolute atomic E-state index is 15.9. The molecule has 8 bridgehead atoms. The van der Waals surface area contributed by atoms with Crippen LogP contribution in [0.1, 0.15) is 35.0 Å². The molecule has 2 aliphatic rings. The monoisotopic (exact) mass is 1010 g/mol. The molecule has 0 unspecified atom stereocenters. The molecular weight excluding hydrogens is 996 g/mol. The van der Waals surface area contributed by atoms with E-state index in [1.165, 1.54) is 0 Å². The van der Waals surface area contributed by atoms with Crippen LogP contribution in [-0.4, -0.2) is 30.1 Å². The number of hydrogen-bond acceptors (Lipinski definition) is 4. The molecule has 70 heavy (non-hydrogen) atoms. The standard InChI is InChI=1S/C44H12F20N4O2/c45-21-17(22(46)30(54)37(61)29(21)53)13-7-1-2-8(65-7)14(18-23(47)31(55)38(62)32(56)24(18)48)10-4-6-12(67-10)16(20-27(51)35(59)40(64)36(60)28(20)52)42-44(70)43(69)41(68-42)15(11-5-3-9(13)66-11)19-25(49)33(57)39(63)34(58)26(19)50/h1-6,43-44,66-67,69-70H/t43-,44+. The summed E-state index contributed by atoms with van der Waals surface area (Å²) in [6, 6.07) is 1.99. The molecule has 26 heteroatoms. The first-order chi connectivity index (χ1) is 32.9. The number of hydrogen-bond donors (Lipinski definition) is 4. The van der Waals surface area contributed by atoms with Crippen LogP contribution < -0.4 is 0 Å². The predicted octanol–water partition coefficient (Wildman–Crippen LogP) is 12.7. The minimum atomic E-state index is -2.99. The Hall–Kier alpha value is -7.74. The second-order valence-corrected chi connectivity index (χ2v) is 14.8. The van der Waals surface area contributed by atoms with Gasteiger partial charge < -0.3 is 20.2 Å². The molecule has 0 fully saturated rings. The zero-order valence-corrected chi connectivity index (χ0v) is 33.0. The van der Waals surface area contributed by atoms with Crippen molar-refractivity contribution in [2.75, 3.05) is 0 Å². The SMILES string of the molecule is O[C@@H]1c2nc(c(-c3c(F)c(F)c(F)c(F)c3F)c3ccc([nH]3)c(-c3c(F)c(F)c(F)c(F)c3F)c3nc(c(-c4c(F)c(F)c(F)c(F)c4F)c4ccc([nH]4)c2-c2c(F)c(F)c(F)c(F)c2F)C=C3)[C@@H]1O. The van der Waals surface area contributed by atoms with Gasteiger partial charge in [-0.25, -0.2) is 92.8 Å². The van der Waals surface area contributed by atoms with Crippen molar-refractivity contribution in [3.05, 3.63) is 163 Å². The first kappa shape index (κ1) is 47.3. The number of fused-ring (bicyclic) bond motifs is 8. The molecule has 0 saturated carbocycles. The van der Waals surface area contributed by atoms with E-state index in [1.807, 2.05) is 0 Å². The molecule has 2 aliphatic heterocycles. The number of aromatic nitrogens is 4. The van der Waals surface area contributed by atoms with Crippen LogP contribution in [0.3, 0.4) is 0 Å². The van der Waals surface area contributed by atoms with Gasteiger partial charge in [-0.2, -0.15) is 0 Å². The third-order valence-corrected chi connectivity index (χ3v) is 11.1. The first-order valence-electron chi connectivity index (χ1n) is 18.8. The molecule has 0 aliphatic carbocycles. The number of aliphatic hydroxyl groups excluding tert-OH is 2. The smallest absolute Gasteiger partial charge is 0.200 e. The average Bonchev–Trinajstić information content (AvgIpc) is 4.18. The predicted molar refractivity (Wildman–Crippen MR) is 201 cm³/mol. The summed E-state index contributed by atoms with van der Waals surface area (Å²) in [5, 5.41) is 23.0. The van der Waals surface area contributed by atoms with Gasteiger partial charge in [0.15, 0.2) is 93.1 Å². The number of H-pyrrole nitrogens is 2. The lowest BCUT2D eigenvalue weighted by Crippen LogP contribution is -2.09. The quantitative estimate of drug-likeness (QED) is 0.0802. The first-order valence-corrected chi connectivity index (χ1v) is 18.8. The molecule has 4 aromatic carbocycles. The van der Waals surface area contributed by atoms with Crippen LogP contribution in [0.4, 0.5) is 87.8 Å². The van der Waals surface area contributed by atoms with Gasteiger partial charge in [0.1, 0.15) is 12.2 Å². The van der Waals surface area contributed by atoms with Crippen molar-refractivity contribution < 1.29 is 98.0 Å². The van der Waals surface area contributed by atoms with E-state index in [0.29, 0.717) is 36.4 Å². The van der Waals surface area contributed by atoms with Crippen molar-refractivity contribution in [3.63, 3.8) is 0 Å². The van der Waals surface area contributed by atoms with E-state index in [0.717, 1.165) is 0 Å². The van der Waals surface area contributed by atoms with E-state index in [9.17, 15) is 62.9 Å². The topological polar surface area (TPSA) is 97.8 Å². The number of nitrogens with one attached hydrogen (secondary N) is 2. The van der Waals surface area contributed by atoms with E-state index in [1.54, 1.807) is 0 Å². The number of nitrogens with zero attached hydrogens (tertiary/aromatic N) is 2. The Labute approximate surface area is 372 Å². The van der Waals surface area contributed by atoms with Gasteiger partial charge in [0, 0.05) is 44.3 Å². The summed E-state index contributed by atoms with van der Waals surface area (Å²) in [5.74, 6) is -54.5. The van der Waals surface area contributed by atoms with Crippen LogP contribution in [0, 0.1) is 116 Å². The Bertz CT molecular complexity index is 3390. The minimum Gasteiger partial charge on any atom is -0.384 e. The summed E-state index contributed by atoms with van der Waals surface area (Å²) >= 11 is 0. The highest BCUT2D eigenvalue weighted by Crippen LogP contribution is 2.48. The fourth-order valence-electron chi connectivity index (χ4n) is 7.88. The largest absolute Gasteiger partial charge is 0.384 e. The normalized spacial score (nSPS) is 14.7. The van der Waals surface area contributed by atoms with Crippen molar-refractivity contribution in [3.8, 4) is 44.5 Å². The van der Waals surface area contributed by atoms with E-state index >= 15 is 35.1 Å². The van der Waals surface area contributed by atoms with Gasteiger partial charge in [0.2, 0.25) is 23.3 Å². The molecular formula is C44H12F20N4O2. The minimum absolute atomic E-state index is 0.480. The summed E-state index contributed by atoms with van der Waals surface area (Å²) in [7, 11) is 0. The molecule has 0 amide bonds. The number of halogens is 20. The summed E-state index contributed by atoms with van der Waals surface area (Å²) < 4.78 is 304. The third-order valence-electron chi connectivity index (χ3n) is 11.1. The van der Waals surface area contributed by atoms with Crippen LogP contribution >= 0.6 is 0 Å². The summed E-state index contributed by atoms with van der Waals surface area (Å²) in [5.41, 5.74) is -23.8. The Morgan fingerprint density at radius 2 is 0.471 bits per heavy atom. The Kier molecular flexibility index (Phi) is 11.1. The Balaban J connectivity index is 1.63. The lowest BCUT2D eigenvalue weighted by molar-refractivity contribution is 0.0259. The second-order valence-electron chi connectivity index (χ2n) is 14.8. The van der Waals surface area contributed by atoms with Gasteiger partial charge in [-0.3, -0.25) is 4.98 Å². The Morgan fingerprint density at radius 1 is 0.271 bits per heavy atom. The van der Waals surface area contributed by atoms with Crippen molar-refractivity contribution in [1.29, 1.82) is 0 Å². The molecule has 3 aromatic heterocycles. The third kappa shape index (κ3) is 6.59. The molecule has 0 radical (unpaired) electrons. The van der Waals surface area contributed by atoms with E-state index in [2.05, 4.69) is 19.9 Å². The molecule has 360 valence electrons. The van der Waals surface area contributed by atoms with E-state index in [4.69, 9.17) is 0 Å². The van der Waals surface area contributed by atoms with Gasteiger partial charge >= 0.3 is 0 Å². The molecule has 0 spiro atoms. The van der Waals surface area contributed by atoms with Gasteiger partial charge in [-0.1, -0.05) is 0 Å². The van der Waals surface area contributed by atoms with Gasteiger partial charge in [-0.05, 0) is 36.4 Å². The number of aromatic amines is 2. The van der Waals surface area contributed by atoms with Crippen LogP contribution in [0.25, 0.3) is 78.7 Å². The highest BCUT2D eigenvalue weighted by Gasteiger charge is 2.40. The van der Waals surface area contributed by atoms with Gasteiger partial charge in [0.05, 0.1) is 45.0 Å². The second kappa shape index (κ2) is 16.5. The lowest BCUT2D eigenvalue weighted by Gasteiger charge is -2.15. The molecule has 5 heterocycles. The molecule has 2 atom stereocenters. The summed E-state index contributed by atoms with van der Waals surface area (Å²) in [6.45, 7) is 0. The molecule has 7 aromatic rings.